The van der Waals surface area contributed by atoms with Gasteiger partial charge >= 0.3 is 0 Å². The molecule has 1 nitrogen and oxygen atoms in total. The zero-order valence-corrected chi connectivity index (χ0v) is 16.8. The van der Waals surface area contributed by atoms with Gasteiger partial charge in [0.1, 0.15) is 0 Å². The van der Waals surface area contributed by atoms with Gasteiger partial charge in [-0.15, -0.1) is 0 Å². The molecule has 0 spiro atoms. The molecule has 25 heavy (non-hydrogen) atoms. The lowest BCUT2D eigenvalue weighted by Crippen LogP contribution is -3.00. The molecule has 0 saturated heterocycles. The smallest absolute Gasteiger partial charge is 0.186 e. The number of benzene rings is 3. The summed E-state index contributed by atoms with van der Waals surface area (Å²) in [4.78, 5) is 3.79. The highest BCUT2D eigenvalue weighted by Gasteiger charge is 2.33. The molecule has 0 amide bonds. The number of halogens is 2. The SMILES string of the molecule is CC1(C)Cc2c(ccc3ccccc23)C(Cc2ccccc2Br)=[NH+]1.[Cl-]. The molecule has 0 bridgehead atoms. The Balaban J connectivity index is 0.00000182. The number of fused-ring (bicyclic) bond motifs is 3. The second-order valence-electron chi connectivity index (χ2n) is 7.25. The average molecular weight is 415 g/mol. The predicted molar refractivity (Wildman–Crippen MR) is 105 cm³/mol. The zero-order chi connectivity index (χ0) is 16.7. The van der Waals surface area contributed by atoms with Crippen LogP contribution in [0.5, 0.6) is 0 Å². The molecule has 4 rings (SSSR count). The van der Waals surface area contributed by atoms with Crippen molar-refractivity contribution in [2.75, 3.05) is 0 Å². The van der Waals surface area contributed by atoms with Crippen LogP contribution < -0.4 is 17.4 Å². The first kappa shape index (κ1) is 18.2. The molecule has 0 radical (unpaired) electrons. The van der Waals surface area contributed by atoms with E-state index in [4.69, 9.17) is 0 Å². The van der Waals surface area contributed by atoms with E-state index in [1.165, 1.54) is 37.6 Å². The molecule has 0 unspecified atom stereocenters. The first-order valence-corrected chi connectivity index (χ1v) is 9.21. The summed E-state index contributed by atoms with van der Waals surface area (Å²) in [5, 5.41) is 2.71. The number of hydrogen-bond acceptors (Lipinski definition) is 0. The number of hydrogen-bond donors (Lipinski definition) is 1. The highest BCUT2D eigenvalue weighted by Crippen LogP contribution is 2.28. The standard InChI is InChI=1S/C22H20BrN.ClH/c1-22(2)14-19-17-9-5-3-7-15(17)11-12-18(19)21(24-22)13-16-8-4-6-10-20(16)23;/h3-12H,13-14H2,1-2H3;1H. The van der Waals surface area contributed by atoms with Gasteiger partial charge in [-0.05, 0) is 34.0 Å². The van der Waals surface area contributed by atoms with Crippen molar-refractivity contribution in [2.24, 2.45) is 0 Å². The van der Waals surface area contributed by atoms with E-state index in [0.29, 0.717) is 0 Å². The summed E-state index contributed by atoms with van der Waals surface area (Å²) < 4.78 is 1.17. The van der Waals surface area contributed by atoms with Crippen molar-refractivity contribution in [3.8, 4) is 0 Å². The van der Waals surface area contributed by atoms with Crippen molar-refractivity contribution in [2.45, 2.75) is 32.2 Å². The average Bonchev–Trinajstić information content (AvgIpc) is 2.56. The maximum atomic E-state index is 3.79. The van der Waals surface area contributed by atoms with E-state index in [9.17, 15) is 0 Å². The van der Waals surface area contributed by atoms with E-state index in [-0.39, 0.29) is 17.9 Å². The Hall–Kier alpha value is -1.64. The third-order valence-electron chi connectivity index (χ3n) is 4.80. The van der Waals surface area contributed by atoms with Crippen LogP contribution in [-0.2, 0) is 12.8 Å². The van der Waals surface area contributed by atoms with Crippen molar-refractivity contribution in [1.29, 1.82) is 0 Å². The Bertz CT molecular complexity index is 959. The van der Waals surface area contributed by atoms with Crippen LogP contribution >= 0.6 is 15.9 Å². The van der Waals surface area contributed by atoms with Crippen molar-refractivity contribution >= 4 is 32.4 Å². The number of nitrogens with one attached hydrogen (secondary N) is 1. The van der Waals surface area contributed by atoms with Gasteiger partial charge in [0.15, 0.2) is 11.3 Å². The molecule has 0 fully saturated rings. The molecule has 3 heteroatoms. The molecular formula is C22H21BrClN. The summed E-state index contributed by atoms with van der Waals surface area (Å²) in [5.41, 5.74) is 5.53. The molecule has 0 aliphatic carbocycles. The summed E-state index contributed by atoms with van der Waals surface area (Å²) >= 11 is 3.69. The Morgan fingerprint density at radius 1 is 0.960 bits per heavy atom. The van der Waals surface area contributed by atoms with Crippen LogP contribution in [0.2, 0.25) is 0 Å². The predicted octanol–water partition coefficient (Wildman–Crippen LogP) is 1.05. The zero-order valence-electron chi connectivity index (χ0n) is 14.4. The van der Waals surface area contributed by atoms with Gasteiger partial charge in [-0.2, -0.15) is 0 Å². The van der Waals surface area contributed by atoms with E-state index >= 15 is 0 Å². The second-order valence-corrected chi connectivity index (χ2v) is 8.10. The van der Waals surface area contributed by atoms with Gasteiger partial charge in [0.25, 0.3) is 0 Å². The molecule has 0 atom stereocenters. The lowest BCUT2D eigenvalue weighted by molar-refractivity contribution is -0.546. The summed E-state index contributed by atoms with van der Waals surface area (Å²) in [6.45, 7) is 4.58. The molecule has 1 aliphatic rings. The van der Waals surface area contributed by atoms with Crippen LogP contribution in [0.3, 0.4) is 0 Å². The fraction of sp³-hybridized carbons (Fsp3) is 0.227. The third kappa shape index (κ3) is 3.51. The first-order chi connectivity index (χ1) is 11.5. The topological polar surface area (TPSA) is 14.0 Å². The van der Waals surface area contributed by atoms with E-state index in [1.807, 2.05) is 0 Å². The lowest BCUT2D eigenvalue weighted by Gasteiger charge is -2.25. The number of rotatable bonds is 2. The van der Waals surface area contributed by atoms with Crippen LogP contribution in [0.25, 0.3) is 10.8 Å². The molecule has 0 aromatic heterocycles. The van der Waals surface area contributed by atoms with Crippen molar-refractivity contribution in [3.05, 3.63) is 81.8 Å². The van der Waals surface area contributed by atoms with Crippen LogP contribution in [0.4, 0.5) is 0 Å². The van der Waals surface area contributed by atoms with E-state index in [2.05, 4.69) is 95.4 Å². The van der Waals surface area contributed by atoms with Gasteiger partial charge in [0, 0.05) is 30.3 Å². The fourth-order valence-electron chi connectivity index (χ4n) is 3.74. The van der Waals surface area contributed by atoms with Crippen LogP contribution in [0, 0.1) is 0 Å². The Labute approximate surface area is 163 Å². The van der Waals surface area contributed by atoms with Crippen molar-refractivity contribution in [3.63, 3.8) is 0 Å². The molecular weight excluding hydrogens is 394 g/mol. The maximum Gasteiger partial charge on any atom is 0.186 e. The van der Waals surface area contributed by atoms with Crippen LogP contribution in [0.15, 0.2) is 65.1 Å². The minimum absolute atomic E-state index is 0. The quantitative estimate of drug-likeness (QED) is 0.644. The largest absolute Gasteiger partial charge is 1.00 e. The van der Waals surface area contributed by atoms with Gasteiger partial charge in [-0.3, -0.25) is 0 Å². The van der Waals surface area contributed by atoms with Gasteiger partial charge in [0.2, 0.25) is 0 Å². The lowest BCUT2D eigenvalue weighted by atomic mass is 9.82. The highest BCUT2D eigenvalue weighted by molar-refractivity contribution is 9.10. The van der Waals surface area contributed by atoms with E-state index in [0.717, 1.165) is 12.8 Å². The summed E-state index contributed by atoms with van der Waals surface area (Å²) in [6, 6.07) is 21.7. The Kier molecular flexibility index (Phi) is 5.04. The second kappa shape index (κ2) is 6.93. The van der Waals surface area contributed by atoms with Crippen LogP contribution in [0.1, 0.15) is 30.5 Å². The molecule has 1 aliphatic heterocycles. The summed E-state index contributed by atoms with van der Waals surface area (Å²) in [5.74, 6) is 0. The van der Waals surface area contributed by atoms with Gasteiger partial charge in [-0.25, -0.2) is 4.99 Å². The monoisotopic (exact) mass is 413 g/mol. The minimum atomic E-state index is 0. The van der Waals surface area contributed by atoms with Gasteiger partial charge < -0.3 is 12.4 Å². The molecule has 0 saturated carbocycles. The Morgan fingerprint density at radius 3 is 2.48 bits per heavy atom. The van der Waals surface area contributed by atoms with E-state index in [1.54, 1.807) is 0 Å². The normalized spacial score (nSPS) is 15.2. The van der Waals surface area contributed by atoms with Gasteiger partial charge in [0.05, 0.1) is 6.42 Å². The third-order valence-corrected chi connectivity index (χ3v) is 5.57. The first-order valence-electron chi connectivity index (χ1n) is 8.42. The summed E-state index contributed by atoms with van der Waals surface area (Å²) in [6.07, 6.45) is 1.96. The molecule has 128 valence electrons. The highest BCUT2D eigenvalue weighted by atomic mass is 79.9. The minimum Gasteiger partial charge on any atom is -1.00 e. The van der Waals surface area contributed by atoms with E-state index < -0.39 is 0 Å². The molecule has 1 N–H and O–H groups in total. The molecule has 1 heterocycles. The molecule has 3 aromatic carbocycles. The Morgan fingerprint density at radius 2 is 1.68 bits per heavy atom. The fourth-order valence-corrected chi connectivity index (χ4v) is 4.17. The van der Waals surface area contributed by atoms with Crippen LogP contribution in [-0.4, -0.2) is 11.3 Å². The summed E-state index contributed by atoms with van der Waals surface area (Å²) in [7, 11) is 0. The van der Waals surface area contributed by atoms with Crippen molar-refractivity contribution in [1.82, 2.24) is 0 Å². The van der Waals surface area contributed by atoms with Crippen molar-refractivity contribution < 1.29 is 17.4 Å². The molecule has 3 aromatic rings. The maximum absolute atomic E-state index is 3.79. The van der Waals surface area contributed by atoms with Gasteiger partial charge in [-0.1, -0.05) is 64.5 Å².